The van der Waals surface area contributed by atoms with Crippen molar-refractivity contribution in [2.24, 2.45) is 0 Å². The maximum Gasteiger partial charge on any atom is 0.105 e. The Balaban J connectivity index is 1.78. The summed E-state index contributed by atoms with van der Waals surface area (Å²) in [5.74, 6) is 1.03. The van der Waals surface area contributed by atoms with Gasteiger partial charge in [0.25, 0.3) is 0 Å². The zero-order valence-corrected chi connectivity index (χ0v) is 9.52. The van der Waals surface area contributed by atoms with Crippen LogP contribution >= 0.6 is 0 Å². The van der Waals surface area contributed by atoms with Crippen molar-refractivity contribution in [1.82, 2.24) is 5.32 Å². The number of hydrogen-bond donors (Lipinski definition) is 1. The summed E-state index contributed by atoms with van der Waals surface area (Å²) in [7, 11) is 0. The minimum atomic E-state index is 0.385. The first-order valence-electron chi connectivity index (χ1n) is 5.67. The Morgan fingerprint density at radius 3 is 2.62 bits per heavy atom. The van der Waals surface area contributed by atoms with Crippen molar-refractivity contribution >= 4 is 0 Å². The molecule has 1 aromatic carbocycles. The van der Waals surface area contributed by atoms with E-state index in [4.69, 9.17) is 4.42 Å². The molecular formula is C14H17NO. The van der Waals surface area contributed by atoms with Crippen molar-refractivity contribution in [3.8, 4) is 0 Å². The van der Waals surface area contributed by atoms with Gasteiger partial charge in [-0.1, -0.05) is 30.3 Å². The van der Waals surface area contributed by atoms with Gasteiger partial charge in [-0.25, -0.2) is 0 Å². The van der Waals surface area contributed by atoms with Crippen molar-refractivity contribution in [3.63, 3.8) is 0 Å². The molecule has 1 unspecified atom stereocenters. The fourth-order valence-corrected chi connectivity index (χ4v) is 1.73. The molecule has 2 heteroatoms. The lowest BCUT2D eigenvalue weighted by atomic mass is 10.1. The van der Waals surface area contributed by atoms with Gasteiger partial charge in [0, 0.05) is 19.0 Å². The lowest BCUT2D eigenvalue weighted by Crippen LogP contribution is -2.21. The lowest BCUT2D eigenvalue weighted by molar-refractivity contribution is 0.486. The second kappa shape index (κ2) is 5.52. The van der Waals surface area contributed by atoms with Crippen molar-refractivity contribution in [2.45, 2.75) is 19.4 Å². The number of furan rings is 1. The van der Waals surface area contributed by atoms with Crippen LogP contribution in [0.15, 0.2) is 53.1 Å². The van der Waals surface area contributed by atoms with Crippen LogP contribution in [0.4, 0.5) is 0 Å². The Hall–Kier alpha value is -1.54. The van der Waals surface area contributed by atoms with Crippen molar-refractivity contribution < 1.29 is 4.42 Å². The first kappa shape index (κ1) is 11.0. The van der Waals surface area contributed by atoms with E-state index in [0.29, 0.717) is 6.04 Å². The zero-order valence-electron chi connectivity index (χ0n) is 9.52. The maximum atomic E-state index is 5.28. The van der Waals surface area contributed by atoms with Crippen LogP contribution in [0.1, 0.15) is 24.3 Å². The van der Waals surface area contributed by atoms with Crippen LogP contribution in [0.3, 0.4) is 0 Å². The number of rotatable bonds is 5. The predicted molar refractivity (Wildman–Crippen MR) is 65.3 cm³/mol. The SMILES string of the molecule is CC(NCCc1ccco1)c1ccccc1. The fraction of sp³-hybridized carbons (Fsp3) is 0.286. The third-order valence-electron chi connectivity index (χ3n) is 2.70. The Bertz CT molecular complexity index is 394. The second-order valence-corrected chi connectivity index (χ2v) is 3.92. The molecule has 1 atom stereocenters. The smallest absolute Gasteiger partial charge is 0.105 e. The van der Waals surface area contributed by atoms with Gasteiger partial charge < -0.3 is 9.73 Å². The predicted octanol–water partition coefficient (Wildman–Crippen LogP) is 3.17. The van der Waals surface area contributed by atoms with Crippen molar-refractivity contribution in [3.05, 3.63) is 60.1 Å². The van der Waals surface area contributed by atoms with E-state index in [1.54, 1.807) is 6.26 Å². The summed E-state index contributed by atoms with van der Waals surface area (Å²) in [4.78, 5) is 0. The minimum Gasteiger partial charge on any atom is -0.469 e. The first-order chi connectivity index (χ1) is 7.86. The molecule has 0 bridgehead atoms. The van der Waals surface area contributed by atoms with E-state index in [9.17, 15) is 0 Å². The highest BCUT2D eigenvalue weighted by Crippen LogP contribution is 2.11. The lowest BCUT2D eigenvalue weighted by Gasteiger charge is -2.13. The van der Waals surface area contributed by atoms with Crippen LogP contribution in [0.2, 0.25) is 0 Å². The quantitative estimate of drug-likeness (QED) is 0.828. The fourth-order valence-electron chi connectivity index (χ4n) is 1.73. The van der Waals surface area contributed by atoms with E-state index in [1.165, 1.54) is 5.56 Å². The molecule has 1 N–H and O–H groups in total. The van der Waals surface area contributed by atoms with E-state index in [2.05, 4.69) is 36.5 Å². The van der Waals surface area contributed by atoms with Crippen molar-refractivity contribution in [1.29, 1.82) is 0 Å². The molecule has 0 spiro atoms. The normalized spacial score (nSPS) is 12.6. The van der Waals surface area contributed by atoms with Crippen LogP contribution < -0.4 is 5.32 Å². The highest BCUT2D eigenvalue weighted by Gasteiger charge is 2.03. The molecule has 0 aliphatic rings. The highest BCUT2D eigenvalue weighted by molar-refractivity contribution is 5.18. The van der Waals surface area contributed by atoms with Gasteiger partial charge in [-0.15, -0.1) is 0 Å². The maximum absolute atomic E-state index is 5.28. The van der Waals surface area contributed by atoms with Gasteiger partial charge >= 0.3 is 0 Å². The summed E-state index contributed by atoms with van der Waals surface area (Å²) in [6.07, 6.45) is 2.65. The Kier molecular flexibility index (Phi) is 3.78. The van der Waals surface area contributed by atoms with E-state index in [0.717, 1.165) is 18.7 Å². The Morgan fingerprint density at radius 1 is 1.12 bits per heavy atom. The van der Waals surface area contributed by atoms with Gasteiger partial charge in [-0.2, -0.15) is 0 Å². The summed E-state index contributed by atoms with van der Waals surface area (Å²) in [5.41, 5.74) is 1.32. The monoisotopic (exact) mass is 215 g/mol. The molecule has 0 saturated heterocycles. The average molecular weight is 215 g/mol. The van der Waals surface area contributed by atoms with Gasteiger partial charge in [0.1, 0.15) is 5.76 Å². The van der Waals surface area contributed by atoms with E-state index in [-0.39, 0.29) is 0 Å². The molecule has 2 nitrogen and oxygen atoms in total. The summed E-state index contributed by atoms with van der Waals surface area (Å²) >= 11 is 0. The number of nitrogens with one attached hydrogen (secondary N) is 1. The van der Waals surface area contributed by atoms with Crippen LogP contribution in [0.25, 0.3) is 0 Å². The minimum absolute atomic E-state index is 0.385. The topological polar surface area (TPSA) is 25.2 Å². The highest BCUT2D eigenvalue weighted by atomic mass is 16.3. The zero-order chi connectivity index (χ0) is 11.2. The van der Waals surface area contributed by atoms with Gasteiger partial charge in [0.15, 0.2) is 0 Å². The number of benzene rings is 1. The largest absolute Gasteiger partial charge is 0.469 e. The summed E-state index contributed by atoms with van der Waals surface area (Å²) in [5, 5.41) is 3.48. The molecule has 1 heterocycles. The van der Waals surface area contributed by atoms with Crippen LogP contribution in [0.5, 0.6) is 0 Å². The molecule has 0 saturated carbocycles. The van der Waals surface area contributed by atoms with Gasteiger partial charge in [-0.3, -0.25) is 0 Å². The summed E-state index contributed by atoms with van der Waals surface area (Å²) in [6, 6.07) is 14.8. The molecule has 0 aliphatic heterocycles. The van der Waals surface area contributed by atoms with Crippen LogP contribution in [-0.2, 0) is 6.42 Å². The standard InChI is InChI=1S/C14H17NO/c1-12(13-6-3-2-4-7-13)15-10-9-14-8-5-11-16-14/h2-8,11-12,15H,9-10H2,1H3. The molecule has 0 fully saturated rings. The molecule has 2 rings (SSSR count). The third kappa shape index (κ3) is 2.97. The molecule has 0 aliphatic carbocycles. The van der Waals surface area contributed by atoms with Gasteiger partial charge in [0.05, 0.1) is 6.26 Å². The van der Waals surface area contributed by atoms with E-state index < -0.39 is 0 Å². The molecule has 2 aromatic rings. The van der Waals surface area contributed by atoms with Gasteiger partial charge in [-0.05, 0) is 24.6 Å². The molecule has 84 valence electrons. The molecular weight excluding hydrogens is 198 g/mol. The van der Waals surface area contributed by atoms with Crippen molar-refractivity contribution in [2.75, 3.05) is 6.54 Å². The second-order valence-electron chi connectivity index (χ2n) is 3.92. The molecule has 0 radical (unpaired) electrons. The summed E-state index contributed by atoms with van der Waals surface area (Å²) in [6.45, 7) is 3.11. The average Bonchev–Trinajstić information content (AvgIpc) is 2.83. The van der Waals surface area contributed by atoms with E-state index in [1.807, 2.05) is 18.2 Å². The van der Waals surface area contributed by atoms with E-state index >= 15 is 0 Å². The number of hydrogen-bond acceptors (Lipinski definition) is 2. The third-order valence-corrected chi connectivity index (χ3v) is 2.70. The molecule has 16 heavy (non-hydrogen) atoms. The first-order valence-corrected chi connectivity index (χ1v) is 5.67. The molecule has 0 amide bonds. The van der Waals surface area contributed by atoms with Crippen LogP contribution in [-0.4, -0.2) is 6.54 Å². The summed E-state index contributed by atoms with van der Waals surface area (Å²) < 4.78 is 5.28. The molecule has 1 aromatic heterocycles. The van der Waals surface area contributed by atoms with Gasteiger partial charge in [0.2, 0.25) is 0 Å². The Morgan fingerprint density at radius 2 is 1.94 bits per heavy atom. The van der Waals surface area contributed by atoms with Crippen LogP contribution in [0, 0.1) is 0 Å². The Labute approximate surface area is 96.3 Å².